The van der Waals surface area contributed by atoms with E-state index in [1.807, 2.05) is 19.1 Å². The molecule has 38 heavy (non-hydrogen) atoms. The molecule has 2 aromatic rings. The number of aliphatic hydroxyl groups is 1. The number of para-hydroxylation sites is 2. The van der Waals surface area contributed by atoms with Gasteiger partial charge in [-0.3, -0.25) is 4.79 Å². The van der Waals surface area contributed by atoms with E-state index in [0.717, 1.165) is 6.42 Å². The van der Waals surface area contributed by atoms with Crippen molar-refractivity contribution in [2.24, 2.45) is 11.8 Å². The Bertz CT molecular complexity index is 1190. The van der Waals surface area contributed by atoms with Gasteiger partial charge in [0.15, 0.2) is 0 Å². The first-order valence-electron chi connectivity index (χ1n) is 12.9. The third-order valence-corrected chi connectivity index (χ3v) is 6.41. The monoisotopic (exact) mass is 522 g/mol. The Hall–Kier alpha value is -3.77. The number of pyridine rings is 1. The molecule has 9 nitrogen and oxygen atoms in total. The number of fused-ring (bicyclic) bond motifs is 1. The van der Waals surface area contributed by atoms with Gasteiger partial charge < -0.3 is 29.7 Å². The third kappa shape index (κ3) is 7.17. The predicted octanol–water partition coefficient (Wildman–Crippen LogP) is 3.87. The van der Waals surface area contributed by atoms with E-state index in [4.69, 9.17) is 9.47 Å². The van der Waals surface area contributed by atoms with Crippen LogP contribution in [-0.4, -0.2) is 77.8 Å². The first-order chi connectivity index (χ1) is 18.1. The Morgan fingerprint density at radius 2 is 2.08 bits per heavy atom. The van der Waals surface area contributed by atoms with Crippen molar-refractivity contribution in [3.05, 3.63) is 47.7 Å². The fourth-order valence-electron chi connectivity index (χ4n) is 4.06. The van der Waals surface area contributed by atoms with Crippen molar-refractivity contribution in [1.29, 1.82) is 0 Å². The molecule has 3 atom stereocenters. The van der Waals surface area contributed by atoms with Crippen LogP contribution in [0.4, 0.5) is 10.5 Å². The summed E-state index contributed by atoms with van der Waals surface area (Å²) >= 11 is 0. The molecule has 0 radical (unpaired) electrons. The van der Waals surface area contributed by atoms with E-state index in [-0.39, 0.29) is 36.9 Å². The van der Waals surface area contributed by atoms with Gasteiger partial charge in [0, 0.05) is 37.7 Å². The maximum Gasteiger partial charge on any atom is 0.321 e. The Balaban J connectivity index is 1.87. The van der Waals surface area contributed by atoms with Crippen molar-refractivity contribution in [3.63, 3.8) is 0 Å². The number of amides is 3. The van der Waals surface area contributed by atoms with Gasteiger partial charge in [0.1, 0.15) is 17.4 Å². The number of nitrogens with zero attached hydrogens (tertiary/aromatic N) is 3. The van der Waals surface area contributed by atoms with Crippen molar-refractivity contribution in [3.8, 4) is 23.5 Å². The second-order valence-electron chi connectivity index (χ2n) is 10.1. The van der Waals surface area contributed by atoms with E-state index < -0.39 is 12.1 Å². The van der Waals surface area contributed by atoms with Crippen molar-refractivity contribution >= 4 is 17.6 Å². The topological polar surface area (TPSA) is 104 Å². The number of anilines is 1. The zero-order valence-corrected chi connectivity index (χ0v) is 23.0. The summed E-state index contributed by atoms with van der Waals surface area (Å²) in [7, 11) is 3.23. The van der Waals surface area contributed by atoms with Crippen LogP contribution < -0.4 is 14.8 Å². The fourth-order valence-corrected chi connectivity index (χ4v) is 4.06. The Morgan fingerprint density at radius 3 is 2.76 bits per heavy atom. The summed E-state index contributed by atoms with van der Waals surface area (Å²) < 4.78 is 11.6. The number of carbonyl (C=O) groups excluding carboxylic acids is 2. The molecule has 0 bridgehead atoms. The minimum atomic E-state index is -0.464. The molecule has 0 spiro atoms. The molecule has 2 N–H and O–H groups in total. The van der Waals surface area contributed by atoms with E-state index in [1.54, 1.807) is 50.4 Å². The molecule has 0 aliphatic carbocycles. The largest absolute Gasteiger partial charge is 0.495 e. The number of nitrogens with one attached hydrogen (secondary N) is 1. The highest BCUT2D eigenvalue weighted by atomic mass is 16.5. The normalized spacial score (nSPS) is 17.8. The molecule has 0 unspecified atom stereocenters. The van der Waals surface area contributed by atoms with Crippen LogP contribution in [0, 0.1) is 23.7 Å². The van der Waals surface area contributed by atoms with Gasteiger partial charge in [-0.25, -0.2) is 9.78 Å². The average Bonchev–Trinajstić information content (AvgIpc) is 2.90. The lowest BCUT2D eigenvalue weighted by atomic mass is 10.00. The Labute approximate surface area is 225 Å². The molecule has 0 fully saturated rings. The highest BCUT2D eigenvalue weighted by Gasteiger charge is 2.34. The van der Waals surface area contributed by atoms with E-state index in [0.29, 0.717) is 35.0 Å². The van der Waals surface area contributed by atoms with Gasteiger partial charge >= 0.3 is 6.03 Å². The SMILES string of the molecule is COc1ccccc1NC(=O)N(C)C[C@H]1Oc2ncc(C#CCC(C)C)cc2C(=O)N([C@@H](C)CO)C[C@H]1C. The van der Waals surface area contributed by atoms with Gasteiger partial charge in [-0.15, -0.1) is 0 Å². The predicted molar refractivity (Wildman–Crippen MR) is 146 cm³/mol. The number of hydrogen-bond donors (Lipinski definition) is 2. The quantitative estimate of drug-likeness (QED) is 0.535. The summed E-state index contributed by atoms with van der Waals surface area (Å²) in [6.45, 7) is 8.35. The van der Waals surface area contributed by atoms with E-state index in [2.05, 4.69) is 36.0 Å². The van der Waals surface area contributed by atoms with Crippen LogP contribution in [0.15, 0.2) is 36.5 Å². The number of aliphatic hydroxyl groups excluding tert-OH is 1. The molecule has 1 aromatic carbocycles. The Morgan fingerprint density at radius 1 is 1.34 bits per heavy atom. The van der Waals surface area contributed by atoms with E-state index in [1.165, 1.54) is 4.90 Å². The Kier molecular flexibility index (Phi) is 9.97. The molecular formula is C29H38N4O5. The van der Waals surface area contributed by atoms with Gasteiger partial charge in [0.2, 0.25) is 5.88 Å². The summed E-state index contributed by atoms with van der Waals surface area (Å²) in [6, 6.07) is 8.14. The van der Waals surface area contributed by atoms with Gasteiger partial charge in [-0.2, -0.15) is 0 Å². The molecule has 0 saturated carbocycles. The number of methoxy groups -OCH3 is 1. The number of aromatic nitrogens is 1. The second-order valence-corrected chi connectivity index (χ2v) is 10.1. The number of benzene rings is 1. The highest BCUT2D eigenvalue weighted by Crippen LogP contribution is 2.28. The van der Waals surface area contributed by atoms with Gasteiger partial charge in [-0.05, 0) is 31.0 Å². The lowest BCUT2D eigenvalue weighted by Crippen LogP contribution is -2.50. The van der Waals surface area contributed by atoms with Gasteiger partial charge in [0.25, 0.3) is 5.91 Å². The van der Waals surface area contributed by atoms with Gasteiger partial charge in [-0.1, -0.05) is 44.7 Å². The maximum atomic E-state index is 13.5. The molecule has 1 aromatic heterocycles. The molecule has 3 amide bonds. The number of ether oxygens (including phenoxy) is 2. The van der Waals surface area contributed by atoms with Crippen molar-refractivity contribution in [1.82, 2.24) is 14.8 Å². The fraction of sp³-hybridized carbons (Fsp3) is 0.483. The summed E-state index contributed by atoms with van der Waals surface area (Å²) in [5, 5.41) is 12.7. The highest BCUT2D eigenvalue weighted by molar-refractivity contribution is 5.97. The number of urea groups is 1. The standard InChI is InChI=1S/C29H38N4O5/c1-19(2)10-9-11-22-14-23-27(30-15-22)38-26(20(3)16-33(28(23)35)21(4)18-34)17-32(5)29(36)31-24-12-7-8-13-25(24)37-6/h7-8,12-15,19-21,26,34H,10,16-18H2,1-6H3,(H,31,36)/t20-,21+,26-/m1/s1. The van der Waals surface area contributed by atoms with Crippen LogP contribution in [0.2, 0.25) is 0 Å². The van der Waals surface area contributed by atoms with Crippen LogP contribution >= 0.6 is 0 Å². The minimum absolute atomic E-state index is 0.157. The van der Waals surface area contributed by atoms with Crippen LogP contribution in [0.25, 0.3) is 0 Å². The molecule has 204 valence electrons. The number of carbonyl (C=O) groups is 2. The first kappa shape index (κ1) is 28.8. The smallest absolute Gasteiger partial charge is 0.321 e. The summed E-state index contributed by atoms with van der Waals surface area (Å²) in [6.07, 6.45) is 1.87. The lowest BCUT2D eigenvalue weighted by Gasteiger charge is -2.37. The molecule has 2 heterocycles. The van der Waals surface area contributed by atoms with Crippen molar-refractivity contribution in [2.75, 3.05) is 39.2 Å². The van der Waals surface area contributed by atoms with Crippen molar-refractivity contribution < 1.29 is 24.2 Å². The van der Waals surface area contributed by atoms with E-state index in [9.17, 15) is 14.7 Å². The molecule has 1 aliphatic heterocycles. The second kappa shape index (κ2) is 13.2. The molecule has 9 heteroatoms. The van der Waals surface area contributed by atoms with Crippen LogP contribution in [0.5, 0.6) is 11.6 Å². The van der Waals surface area contributed by atoms with Crippen molar-refractivity contribution in [2.45, 2.75) is 46.3 Å². The number of hydrogen-bond acceptors (Lipinski definition) is 6. The van der Waals surface area contributed by atoms with E-state index >= 15 is 0 Å². The third-order valence-electron chi connectivity index (χ3n) is 6.41. The minimum Gasteiger partial charge on any atom is -0.495 e. The molecular weight excluding hydrogens is 484 g/mol. The lowest BCUT2D eigenvalue weighted by molar-refractivity contribution is 0.0356. The average molecular weight is 523 g/mol. The van der Waals surface area contributed by atoms with Crippen LogP contribution in [0.3, 0.4) is 0 Å². The number of rotatable bonds is 7. The van der Waals surface area contributed by atoms with Gasteiger partial charge in [0.05, 0.1) is 32.0 Å². The molecule has 0 saturated heterocycles. The summed E-state index contributed by atoms with van der Waals surface area (Å²) in [5.74, 6) is 6.96. The first-order valence-corrected chi connectivity index (χ1v) is 12.9. The molecule has 3 rings (SSSR count). The van der Waals surface area contributed by atoms with Crippen LogP contribution in [0.1, 0.15) is 50.0 Å². The maximum absolute atomic E-state index is 13.5. The van der Waals surface area contributed by atoms with Crippen LogP contribution in [-0.2, 0) is 0 Å². The summed E-state index contributed by atoms with van der Waals surface area (Å²) in [4.78, 5) is 34.1. The zero-order valence-electron chi connectivity index (χ0n) is 23.0. The number of likely N-dealkylation sites (N-methyl/N-ethyl adjacent to an activating group) is 1. The zero-order chi connectivity index (χ0) is 27.8. The summed E-state index contributed by atoms with van der Waals surface area (Å²) in [5.41, 5.74) is 1.47. The molecule has 1 aliphatic rings.